The lowest BCUT2D eigenvalue weighted by Gasteiger charge is -2.13. The summed E-state index contributed by atoms with van der Waals surface area (Å²) in [7, 11) is 1.45. The van der Waals surface area contributed by atoms with Crippen LogP contribution in [0.3, 0.4) is 0 Å². The van der Waals surface area contributed by atoms with E-state index < -0.39 is 17.7 Å². The van der Waals surface area contributed by atoms with Gasteiger partial charge in [-0.1, -0.05) is 23.7 Å². The summed E-state index contributed by atoms with van der Waals surface area (Å²) in [6.07, 6.45) is -4.46. The summed E-state index contributed by atoms with van der Waals surface area (Å²) in [6, 6.07) is 8.09. The molecule has 0 radical (unpaired) electrons. The molecule has 1 unspecified atom stereocenters. The number of methoxy groups -OCH3 is 1. The second-order valence-corrected chi connectivity index (χ2v) is 5.52. The third-order valence-electron chi connectivity index (χ3n) is 3.72. The lowest BCUT2D eigenvalue weighted by Crippen LogP contribution is -2.13. The summed E-state index contributed by atoms with van der Waals surface area (Å²) in [4.78, 5) is 12.2. The molecule has 1 heterocycles. The SMILES string of the molecule is COc1cc(C2C(=O)Nc3cc(C(F)(F)F)ccc32)ccc1Cl. The molecule has 0 fully saturated rings. The van der Waals surface area contributed by atoms with Crippen molar-refractivity contribution in [3.05, 3.63) is 58.1 Å². The number of amides is 1. The number of fused-ring (bicyclic) bond motifs is 1. The highest BCUT2D eigenvalue weighted by Crippen LogP contribution is 2.42. The van der Waals surface area contributed by atoms with E-state index in [2.05, 4.69) is 5.32 Å². The minimum atomic E-state index is -4.46. The van der Waals surface area contributed by atoms with Gasteiger partial charge in [0.25, 0.3) is 0 Å². The zero-order chi connectivity index (χ0) is 16.8. The Morgan fingerprint density at radius 1 is 1.17 bits per heavy atom. The summed E-state index contributed by atoms with van der Waals surface area (Å²) >= 11 is 5.96. The number of nitrogens with one attached hydrogen (secondary N) is 1. The molecule has 1 aliphatic rings. The van der Waals surface area contributed by atoms with Crippen molar-refractivity contribution in [2.75, 3.05) is 12.4 Å². The summed E-state index contributed by atoms with van der Waals surface area (Å²) < 4.78 is 43.4. The van der Waals surface area contributed by atoms with Crippen LogP contribution in [0.5, 0.6) is 5.75 Å². The standard InChI is InChI=1S/C16H11ClF3NO2/c1-23-13-6-8(2-5-11(13)17)14-10-4-3-9(16(18,19)20)7-12(10)21-15(14)22/h2-7,14H,1H3,(H,21,22). The van der Waals surface area contributed by atoms with Crippen LogP contribution in [-0.4, -0.2) is 13.0 Å². The second-order valence-electron chi connectivity index (χ2n) is 5.12. The third kappa shape index (κ3) is 2.74. The average Bonchev–Trinajstić information content (AvgIpc) is 2.82. The highest BCUT2D eigenvalue weighted by molar-refractivity contribution is 6.32. The number of carbonyl (C=O) groups excluding carboxylic acids is 1. The molecule has 0 spiro atoms. The van der Waals surface area contributed by atoms with Crippen LogP contribution in [0.1, 0.15) is 22.6 Å². The van der Waals surface area contributed by atoms with Crippen LogP contribution in [0, 0.1) is 0 Å². The summed E-state index contributed by atoms with van der Waals surface area (Å²) in [5.41, 5.74) is 0.462. The molecule has 0 saturated heterocycles. The van der Waals surface area contributed by atoms with E-state index in [0.717, 1.165) is 12.1 Å². The molecule has 0 saturated carbocycles. The number of halogens is 4. The quantitative estimate of drug-likeness (QED) is 0.876. The maximum absolute atomic E-state index is 12.8. The van der Waals surface area contributed by atoms with Crippen molar-refractivity contribution in [3.63, 3.8) is 0 Å². The second kappa shape index (κ2) is 5.45. The Bertz CT molecular complexity index is 789. The zero-order valence-corrected chi connectivity index (χ0v) is 12.6. The van der Waals surface area contributed by atoms with Crippen LogP contribution < -0.4 is 10.1 Å². The van der Waals surface area contributed by atoms with Crippen molar-refractivity contribution in [2.45, 2.75) is 12.1 Å². The van der Waals surface area contributed by atoms with E-state index in [9.17, 15) is 18.0 Å². The van der Waals surface area contributed by atoms with Gasteiger partial charge >= 0.3 is 6.18 Å². The van der Waals surface area contributed by atoms with Gasteiger partial charge in [0.1, 0.15) is 5.75 Å². The van der Waals surface area contributed by atoms with Gasteiger partial charge in [0.2, 0.25) is 5.91 Å². The predicted molar refractivity (Wildman–Crippen MR) is 79.9 cm³/mol. The number of ether oxygens (including phenoxy) is 1. The van der Waals surface area contributed by atoms with Crippen LogP contribution in [-0.2, 0) is 11.0 Å². The normalized spacial score (nSPS) is 16.9. The Labute approximate surface area is 135 Å². The molecule has 2 aromatic rings. The third-order valence-corrected chi connectivity index (χ3v) is 4.03. The first-order valence-electron chi connectivity index (χ1n) is 6.66. The van der Waals surface area contributed by atoms with Crippen molar-refractivity contribution in [1.82, 2.24) is 0 Å². The smallest absolute Gasteiger partial charge is 0.416 e. The van der Waals surface area contributed by atoms with E-state index in [4.69, 9.17) is 16.3 Å². The highest BCUT2D eigenvalue weighted by Gasteiger charge is 2.36. The van der Waals surface area contributed by atoms with Crippen LogP contribution >= 0.6 is 11.6 Å². The van der Waals surface area contributed by atoms with Gasteiger partial charge in [0.05, 0.1) is 23.6 Å². The number of benzene rings is 2. The van der Waals surface area contributed by atoms with E-state index in [0.29, 0.717) is 21.9 Å². The molecule has 1 amide bonds. The summed E-state index contributed by atoms with van der Waals surface area (Å²) in [6.45, 7) is 0. The van der Waals surface area contributed by atoms with Gasteiger partial charge in [-0.3, -0.25) is 4.79 Å². The van der Waals surface area contributed by atoms with Crippen LogP contribution in [0.2, 0.25) is 5.02 Å². The first-order valence-corrected chi connectivity index (χ1v) is 7.04. The molecule has 120 valence electrons. The van der Waals surface area contributed by atoms with Gasteiger partial charge in [0, 0.05) is 5.69 Å². The molecule has 7 heteroatoms. The van der Waals surface area contributed by atoms with Crippen LogP contribution in [0.25, 0.3) is 0 Å². The Hall–Kier alpha value is -2.21. The molecule has 1 atom stereocenters. The maximum atomic E-state index is 12.8. The molecule has 3 nitrogen and oxygen atoms in total. The Morgan fingerprint density at radius 2 is 1.91 bits per heavy atom. The number of hydrogen-bond donors (Lipinski definition) is 1. The zero-order valence-electron chi connectivity index (χ0n) is 11.9. The fourth-order valence-electron chi connectivity index (χ4n) is 2.63. The predicted octanol–water partition coefficient (Wildman–Crippen LogP) is 4.45. The molecule has 23 heavy (non-hydrogen) atoms. The minimum absolute atomic E-state index is 0.170. The fraction of sp³-hybridized carbons (Fsp3) is 0.188. The van der Waals surface area contributed by atoms with Gasteiger partial charge in [-0.2, -0.15) is 13.2 Å². The Balaban J connectivity index is 2.06. The molecule has 1 aliphatic heterocycles. The van der Waals surface area contributed by atoms with Gasteiger partial charge < -0.3 is 10.1 Å². The van der Waals surface area contributed by atoms with Crippen molar-refractivity contribution in [2.24, 2.45) is 0 Å². The molecular formula is C16H11ClF3NO2. The largest absolute Gasteiger partial charge is 0.495 e. The van der Waals surface area contributed by atoms with E-state index in [1.54, 1.807) is 18.2 Å². The van der Waals surface area contributed by atoms with Gasteiger partial charge in [-0.15, -0.1) is 0 Å². The summed E-state index contributed by atoms with van der Waals surface area (Å²) in [5.74, 6) is -0.681. The fourth-order valence-corrected chi connectivity index (χ4v) is 2.82. The number of rotatable bonds is 2. The number of anilines is 1. The first kappa shape index (κ1) is 15.7. The van der Waals surface area contributed by atoms with Crippen LogP contribution in [0.15, 0.2) is 36.4 Å². The van der Waals surface area contributed by atoms with E-state index in [1.165, 1.54) is 13.2 Å². The highest BCUT2D eigenvalue weighted by atomic mass is 35.5. The van der Waals surface area contributed by atoms with Gasteiger partial charge in [0.15, 0.2) is 0 Å². The molecule has 0 aromatic heterocycles. The van der Waals surface area contributed by atoms with Crippen LogP contribution in [0.4, 0.5) is 18.9 Å². The number of carbonyl (C=O) groups is 1. The molecule has 1 N–H and O–H groups in total. The molecule has 3 rings (SSSR count). The Morgan fingerprint density at radius 3 is 2.57 bits per heavy atom. The van der Waals surface area contributed by atoms with Crippen molar-refractivity contribution >= 4 is 23.2 Å². The molecule has 0 aliphatic carbocycles. The number of alkyl halides is 3. The maximum Gasteiger partial charge on any atom is 0.416 e. The molecular weight excluding hydrogens is 331 g/mol. The van der Waals surface area contributed by atoms with Gasteiger partial charge in [-0.05, 0) is 35.4 Å². The monoisotopic (exact) mass is 341 g/mol. The Kier molecular flexibility index (Phi) is 3.72. The minimum Gasteiger partial charge on any atom is -0.495 e. The van der Waals surface area contributed by atoms with Crippen molar-refractivity contribution in [3.8, 4) is 5.75 Å². The van der Waals surface area contributed by atoms with Crippen molar-refractivity contribution < 1.29 is 22.7 Å². The lowest BCUT2D eigenvalue weighted by atomic mass is 9.92. The van der Waals surface area contributed by atoms with E-state index in [-0.39, 0.29) is 11.6 Å². The average molecular weight is 342 g/mol. The topological polar surface area (TPSA) is 38.3 Å². The van der Waals surface area contributed by atoms with Gasteiger partial charge in [-0.25, -0.2) is 0 Å². The summed E-state index contributed by atoms with van der Waals surface area (Å²) in [5, 5.41) is 2.89. The molecule has 2 aromatic carbocycles. The van der Waals surface area contributed by atoms with E-state index in [1.807, 2.05) is 0 Å². The lowest BCUT2D eigenvalue weighted by molar-refractivity contribution is -0.137. The van der Waals surface area contributed by atoms with Crippen molar-refractivity contribution in [1.29, 1.82) is 0 Å². The van der Waals surface area contributed by atoms with E-state index >= 15 is 0 Å². The molecule has 0 bridgehead atoms. The number of hydrogen-bond acceptors (Lipinski definition) is 2. The first-order chi connectivity index (χ1) is 10.8.